The number of nitriles is 1. The normalized spacial score (nSPS) is 45.6. The SMILES string of the molecule is CCN(CC#N)C(=O)C(N)C12CC3(C)CC(C)(CC(O)(C3)C1)C2. The van der Waals surface area contributed by atoms with Gasteiger partial charge < -0.3 is 15.7 Å². The van der Waals surface area contributed by atoms with Crippen LogP contribution in [0.25, 0.3) is 0 Å². The highest BCUT2D eigenvalue weighted by Gasteiger charge is 2.67. The molecular formula is C18H29N3O2. The lowest BCUT2D eigenvalue weighted by Gasteiger charge is -2.69. The van der Waals surface area contributed by atoms with Crippen molar-refractivity contribution >= 4 is 5.91 Å². The van der Waals surface area contributed by atoms with Crippen molar-refractivity contribution in [1.29, 1.82) is 5.26 Å². The molecule has 0 aromatic heterocycles. The second-order valence-corrected chi connectivity index (χ2v) is 9.26. The molecule has 3 atom stereocenters. The zero-order chi connectivity index (χ0) is 17.1. The number of aliphatic hydroxyl groups is 1. The molecule has 4 bridgehead atoms. The van der Waals surface area contributed by atoms with Gasteiger partial charge in [-0.3, -0.25) is 4.79 Å². The maximum atomic E-state index is 12.9. The van der Waals surface area contributed by atoms with E-state index in [4.69, 9.17) is 11.0 Å². The van der Waals surface area contributed by atoms with Crippen LogP contribution in [0.3, 0.4) is 0 Å². The molecular weight excluding hydrogens is 290 g/mol. The lowest BCUT2D eigenvalue weighted by Crippen LogP contribution is -2.68. The molecule has 4 fully saturated rings. The van der Waals surface area contributed by atoms with Crippen LogP contribution in [0.15, 0.2) is 0 Å². The number of rotatable bonds is 4. The molecule has 5 nitrogen and oxygen atoms in total. The Morgan fingerprint density at radius 1 is 1.22 bits per heavy atom. The Kier molecular flexibility index (Phi) is 3.59. The standard InChI is InChI=1S/C18H29N3O2/c1-4-21(6-5-19)14(22)13(20)17-8-15(2)7-16(3,9-17)11-18(23,10-15)12-17/h13,23H,4,6-12,20H2,1-3H3. The molecule has 4 aliphatic carbocycles. The van der Waals surface area contributed by atoms with Crippen LogP contribution in [-0.2, 0) is 4.79 Å². The molecule has 0 aromatic carbocycles. The van der Waals surface area contributed by atoms with Gasteiger partial charge in [0.2, 0.25) is 5.91 Å². The van der Waals surface area contributed by atoms with Crippen molar-refractivity contribution in [3.8, 4) is 6.07 Å². The van der Waals surface area contributed by atoms with E-state index in [2.05, 4.69) is 19.9 Å². The number of hydrogen-bond donors (Lipinski definition) is 2. The molecule has 5 heteroatoms. The van der Waals surface area contributed by atoms with Crippen molar-refractivity contribution in [1.82, 2.24) is 4.90 Å². The summed E-state index contributed by atoms with van der Waals surface area (Å²) in [6.45, 7) is 6.93. The zero-order valence-electron chi connectivity index (χ0n) is 14.6. The highest BCUT2D eigenvalue weighted by atomic mass is 16.3. The fourth-order valence-corrected chi connectivity index (χ4v) is 6.94. The van der Waals surface area contributed by atoms with Gasteiger partial charge in [0.15, 0.2) is 0 Å². The number of hydrogen-bond acceptors (Lipinski definition) is 4. The van der Waals surface area contributed by atoms with Gasteiger partial charge in [-0.05, 0) is 61.7 Å². The van der Waals surface area contributed by atoms with Crippen LogP contribution in [0.5, 0.6) is 0 Å². The quantitative estimate of drug-likeness (QED) is 0.773. The summed E-state index contributed by atoms with van der Waals surface area (Å²) in [6.07, 6.45) is 5.22. The predicted octanol–water partition coefficient (Wildman–Crippen LogP) is 1.80. The summed E-state index contributed by atoms with van der Waals surface area (Å²) in [4.78, 5) is 14.4. The number of nitrogens with two attached hydrogens (primary N) is 1. The number of amides is 1. The third kappa shape index (κ3) is 2.56. The molecule has 3 N–H and O–H groups in total. The van der Waals surface area contributed by atoms with Crippen molar-refractivity contribution in [2.24, 2.45) is 22.0 Å². The molecule has 4 rings (SSSR count). The minimum Gasteiger partial charge on any atom is -0.390 e. The average Bonchev–Trinajstić information content (AvgIpc) is 2.37. The van der Waals surface area contributed by atoms with Crippen LogP contribution < -0.4 is 5.73 Å². The maximum absolute atomic E-state index is 12.9. The molecule has 0 spiro atoms. The first kappa shape index (κ1) is 16.7. The number of nitrogens with zero attached hydrogens (tertiary/aromatic N) is 2. The van der Waals surface area contributed by atoms with E-state index >= 15 is 0 Å². The lowest BCUT2D eigenvalue weighted by molar-refractivity contribution is -0.230. The Labute approximate surface area is 138 Å². The Balaban J connectivity index is 1.92. The molecule has 4 saturated carbocycles. The van der Waals surface area contributed by atoms with E-state index in [1.165, 1.54) is 4.90 Å². The predicted molar refractivity (Wildman–Crippen MR) is 87.1 cm³/mol. The third-order valence-electron chi connectivity index (χ3n) is 6.48. The van der Waals surface area contributed by atoms with Gasteiger partial charge in [-0.15, -0.1) is 0 Å². The molecule has 0 radical (unpaired) electrons. The van der Waals surface area contributed by atoms with E-state index < -0.39 is 11.6 Å². The van der Waals surface area contributed by atoms with Crippen molar-refractivity contribution in [3.05, 3.63) is 0 Å². The van der Waals surface area contributed by atoms with Crippen molar-refractivity contribution in [3.63, 3.8) is 0 Å². The third-order valence-corrected chi connectivity index (χ3v) is 6.48. The zero-order valence-corrected chi connectivity index (χ0v) is 14.6. The highest BCUT2D eigenvalue weighted by Crippen LogP contribution is 2.71. The second-order valence-electron chi connectivity index (χ2n) is 9.26. The minimum absolute atomic E-state index is 0.0718. The summed E-state index contributed by atoms with van der Waals surface area (Å²) < 4.78 is 0. The van der Waals surface area contributed by atoms with Gasteiger partial charge in [0.25, 0.3) is 0 Å². The van der Waals surface area contributed by atoms with Crippen molar-refractivity contribution in [2.75, 3.05) is 13.1 Å². The first-order chi connectivity index (χ1) is 10.6. The average molecular weight is 319 g/mol. The molecule has 0 aliphatic heterocycles. The lowest BCUT2D eigenvalue weighted by atomic mass is 9.38. The molecule has 128 valence electrons. The van der Waals surface area contributed by atoms with Crippen LogP contribution >= 0.6 is 0 Å². The molecule has 0 saturated heterocycles. The molecule has 4 aliphatic rings. The van der Waals surface area contributed by atoms with E-state index in [0.717, 1.165) is 32.1 Å². The first-order valence-corrected chi connectivity index (χ1v) is 8.72. The van der Waals surface area contributed by atoms with Gasteiger partial charge >= 0.3 is 0 Å². The van der Waals surface area contributed by atoms with Gasteiger partial charge in [-0.2, -0.15) is 5.26 Å². The Morgan fingerprint density at radius 3 is 2.22 bits per heavy atom. The second kappa shape index (κ2) is 4.94. The van der Waals surface area contributed by atoms with Crippen LogP contribution in [-0.4, -0.2) is 40.6 Å². The van der Waals surface area contributed by atoms with Gasteiger partial charge in [0.05, 0.1) is 17.7 Å². The number of likely N-dealkylation sites (N-methyl/N-ethyl adjacent to an activating group) is 1. The number of carbonyl (C=O) groups is 1. The summed E-state index contributed by atoms with van der Waals surface area (Å²) in [5.74, 6) is -0.133. The molecule has 0 aromatic rings. The molecule has 23 heavy (non-hydrogen) atoms. The van der Waals surface area contributed by atoms with Gasteiger partial charge in [0.1, 0.15) is 6.54 Å². The van der Waals surface area contributed by atoms with E-state index in [0.29, 0.717) is 13.0 Å². The van der Waals surface area contributed by atoms with E-state index in [1.807, 2.05) is 6.92 Å². The molecule has 1 amide bonds. The largest absolute Gasteiger partial charge is 0.390 e. The van der Waals surface area contributed by atoms with E-state index in [-0.39, 0.29) is 28.7 Å². The van der Waals surface area contributed by atoms with Gasteiger partial charge in [0, 0.05) is 6.54 Å². The highest BCUT2D eigenvalue weighted by molar-refractivity contribution is 5.83. The maximum Gasteiger partial charge on any atom is 0.240 e. The molecule has 0 heterocycles. The Hall–Kier alpha value is -1.12. The van der Waals surface area contributed by atoms with Crippen molar-refractivity contribution in [2.45, 2.75) is 70.9 Å². The first-order valence-electron chi connectivity index (χ1n) is 8.72. The fraction of sp³-hybridized carbons (Fsp3) is 0.889. The smallest absolute Gasteiger partial charge is 0.240 e. The van der Waals surface area contributed by atoms with Gasteiger partial charge in [-0.25, -0.2) is 0 Å². The summed E-state index contributed by atoms with van der Waals surface area (Å²) in [6, 6.07) is 1.43. The summed E-state index contributed by atoms with van der Waals surface area (Å²) in [5.41, 5.74) is 5.63. The van der Waals surface area contributed by atoms with E-state index in [1.54, 1.807) is 0 Å². The number of carbonyl (C=O) groups excluding carboxylic acids is 1. The monoisotopic (exact) mass is 319 g/mol. The summed E-state index contributed by atoms with van der Waals surface area (Å²) >= 11 is 0. The Morgan fingerprint density at radius 2 is 1.78 bits per heavy atom. The topological polar surface area (TPSA) is 90.4 Å². The van der Waals surface area contributed by atoms with Crippen LogP contribution in [0, 0.1) is 27.6 Å². The van der Waals surface area contributed by atoms with Crippen molar-refractivity contribution < 1.29 is 9.90 Å². The van der Waals surface area contributed by atoms with Crippen LogP contribution in [0.1, 0.15) is 59.3 Å². The summed E-state index contributed by atoms with van der Waals surface area (Å²) in [7, 11) is 0. The fourth-order valence-electron chi connectivity index (χ4n) is 6.94. The summed E-state index contributed by atoms with van der Waals surface area (Å²) in [5, 5.41) is 20.0. The Bertz CT molecular complexity index is 514. The van der Waals surface area contributed by atoms with Crippen LogP contribution in [0.2, 0.25) is 0 Å². The van der Waals surface area contributed by atoms with Gasteiger partial charge in [-0.1, -0.05) is 13.8 Å². The minimum atomic E-state index is -0.678. The van der Waals surface area contributed by atoms with E-state index in [9.17, 15) is 9.90 Å². The molecule has 3 unspecified atom stereocenters. The van der Waals surface area contributed by atoms with Crippen LogP contribution in [0.4, 0.5) is 0 Å².